The minimum absolute atomic E-state index is 0. The Morgan fingerprint density at radius 3 is 2.81 bits per heavy atom. The number of anilines is 1. The van der Waals surface area contributed by atoms with Gasteiger partial charge in [-0.15, -0.1) is 0 Å². The molecule has 1 aromatic carbocycles. The zero-order chi connectivity index (χ0) is 26.2. The van der Waals surface area contributed by atoms with Crippen molar-refractivity contribution < 1.29 is 7.65 Å². The van der Waals surface area contributed by atoms with Gasteiger partial charge < -0.3 is 25.1 Å². The first-order chi connectivity index (χ1) is 18.0. The zero-order valence-corrected chi connectivity index (χ0v) is 23.2. The molecule has 0 saturated carbocycles. The predicted octanol–water partition coefficient (Wildman–Crippen LogP) is 5.22. The van der Waals surface area contributed by atoms with Crippen molar-refractivity contribution in [2.45, 2.75) is 45.6 Å². The third-order valence-electron chi connectivity index (χ3n) is 6.59. The van der Waals surface area contributed by atoms with E-state index in [0.29, 0.717) is 4.88 Å². The van der Waals surface area contributed by atoms with Gasteiger partial charge in [0.25, 0.3) is 5.91 Å². The number of piperazine rings is 1. The van der Waals surface area contributed by atoms with Crippen LogP contribution in [0.3, 0.4) is 0 Å². The number of hydrogen-bond acceptors (Lipinski definition) is 6. The normalized spacial score (nSPS) is 15.5. The first kappa shape index (κ1) is 26.7. The van der Waals surface area contributed by atoms with Crippen LogP contribution in [0.1, 0.15) is 51.2 Å². The number of allylic oxidation sites excluding steroid dienone is 1. The van der Waals surface area contributed by atoms with Gasteiger partial charge in [0, 0.05) is 66.3 Å². The Hall–Kier alpha value is -3.33. The number of amides is 1. The van der Waals surface area contributed by atoms with E-state index in [1.54, 1.807) is 6.20 Å². The molecule has 1 fully saturated rings. The number of rotatable bonds is 10. The molecule has 0 bridgehead atoms. The molecule has 1 amide bonds. The summed E-state index contributed by atoms with van der Waals surface area (Å²) < 4.78 is 0. The first-order valence-electron chi connectivity index (χ1n) is 13.2. The summed E-state index contributed by atoms with van der Waals surface area (Å²) in [7, 11) is 3.88. The van der Waals surface area contributed by atoms with Crippen LogP contribution in [0.5, 0.6) is 0 Å². The quantitative estimate of drug-likeness (QED) is 0.216. The van der Waals surface area contributed by atoms with Crippen molar-refractivity contribution in [3.05, 3.63) is 59.3 Å². The van der Waals surface area contributed by atoms with Crippen molar-refractivity contribution in [1.29, 1.82) is 0 Å². The Labute approximate surface area is 227 Å². The molecule has 1 atom stereocenters. The lowest BCUT2D eigenvalue weighted by molar-refractivity contribution is 0.0938. The third kappa shape index (κ3) is 6.91. The van der Waals surface area contributed by atoms with Gasteiger partial charge in [-0.05, 0) is 37.5 Å². The number of hydrogen-bond donors (Lipinski definition) is 2. The van der Waals surface area contributed by atoms with Crippen LogP contribution in [0.4, 0.5) is 5.13 Å². The van der Waals surface area contributed by atoms with Crippen molar-refractivity contribution in [2.75, 3.05) is 45.2 Å². The van der Waals surface area contributed by atoms with Crippen LogP contribution in [0, 0.1) is 0 Å². The molecular formula is C28H43N7OS. The lowest BCUT2D eigenvalue weighted by atomic mass is 10.0. The monoisotopic (exact) mass is 525 g/mol. The number of para-hydroxylation sites is 1. The van der Waals surface area contributed by atoms with E-state index in [2.05, 4.69) is 61.5 Å². The van der Waals surface area contributed by atoms with E-state index in [1.165, 1.54) is 22.3 Å². The summed E-state index contributed by atoms with van der Waals surface area (Å²) in [5, 5.41) is 11.9. The highest BCUT2D eigenvalue weighted by Crippen LogP contribution is 2.25. The fraction of sp³-hybridized carbons (Fsp3) is 0.464. The summed E-state index contributed by atoms with van der Waals surface area (Å²) in [5.74, 6) is 0.941. The average molecular weight is 526 g/mol. The fourth-order valence-electron chi connectivity index (χ4n) is 4.70. The van der Waals surface area contributed by atoms with Gasteiger partial charge in [-0.1, -0.05) is 55.4 Å². The lowest BCUT2D eigenvalue weighted by Crippen LogP contribution is -2.48. The Kier molecular flexibility index (Phi) is 9.22. The van der Waals surface area contributed by atoms with Gasteiger partial charge in [0.05, 0.1) is 6.20 Å². The Morgan fingerprint density at radius 1 is 1.30 bits per heavy atom. The number of carbonyl (C=O) groups is 1. The summed E-state index contributed by atoms with van der Waals surface area (Å²) in [4.78, 5) is 26.4. The maximum absolute atomic E-state index is 13.2. The van der Waals surface area contributed by atoms with Crippen LogP contribution in [-0.2, 0) is 6.42 Å². The van der Waals surface area contributed by atoms with Crippen LogP contribution in [0.15, 0.2) is 53.9 Å². The predicted molar refractivity (Wildman–Crippen MR) is 159 cm³/mol. The topological polar surface area (TPSA) is 79.9 Å². The minimum Gasteiger partial charge on any atom is -0.361 e. The number of aromatic nitrogens is 2. The minimum atomic E-state index is -0.0307. The van der Waals surface area contributed by atoms with Crippen molar-refractivity contribution in [3.8, 4) is 0 Å². The van der Waals surface area contributed by atoms with E-state index in [0.717, 1.165) is 68.3 Å². The number of benzene rings is 1. The number of hydrazone groups is 1. The number of nitrogens with one attached hydrogen (secondary N) is 2. The molecule has 0 aliphatic carbocycles. The van der Waals surface area contributed by atoms with E-state index in [9.17, 15) is 4.79 Å². The number of fused-ring (bicyclic) bond motifs is 1. The Balaban J connectivity index is 0.00000267. The molecule has 3 heterocycles. The zero-order valence-electron chi connectivity index (χ0n) is 22.4. The molecule has 0 radical (unpaired) electrons. The average Bonchev–Trinajstić information content (AvgIpc) is 3.55. The molecule has 2 N–H and O–H groups in total. The van der Waals surface area contributed by atoms with Gasteiger partial charge in [-0.3, -0.25) is 4.79 Å². The number of nitrogens with zero attached hydrogens (tertiary/aromatic N) is 5. The molecule has 0 spiro atoms. The molecule has 3 aromatic rings. The Bertz CT molecular complexity index is 1230. The molecule has 37 heavy (non-hydrogen) atoms. The molecule has 1 saturated heterocycles. The summed E-state index contributed by atoms with van der Waals surface area (Å²) >= 11 is 1.48. The molecule has 9 heteroatoms. The largest absolute Gasteiger partial charge is 0.361 e. The maximum atomic E-state index is 13.2. The van der Waals surface area contributed by atoms with E-state index in [4.69, 9.17) is 0 Å². The third-order valence-corrected chi connectivity index (χ3v) is 7.65. The fourth-order valence-corrected chi connectivity index (χ4v) is 5.57. The van der Waals surface area contributed by atoms with Crippen molar-refractivity contribution in [2.24, 2.45) is 5.10 Å². The number of aromatic amines is 1. The summed E-state index contributed by atoms with van der Waals surface area (Å²) in [6, 6.07) is 8.42. The molecule has 1 aliphatic heterocycles. The van der Waals surface area contributed by atoms with Crippen LogP contribution in [-0.4, -0.2) is 77.9 Å². The smallest absolute Gasteiger partial charge is 0.263 e. The van der Waals surface area contributed by atoms with E-state index in [1.807, 2.05) is 44.2 Å². The molecule has 202 valence electrons. The molecular weight excluding hydrogens is 482 g/mol. The summed E-state index contributed by atoms with van der Waals surface area (Å²) in [6.07, 6.45) is 11.8. The highest BCUT2D eigenvalue weighted by Gasteiger charge is 2.23. The van der Waals surface area contributed by atoms with Gasteiger partial charge in [0.15, 0.2) is 5.13 Å². The van der Waals surface area contributed by atoms with Gasteiger partial charge >= 0.3 is 0 Å². The molecule has 8 nitrogen and oxygen atoms in total. The number of thiazole rings is 1. The number of H-pyrrole nitrogens is 1. The first-order valence-corrected chi connectivity index (χ1v) is 14.0. The lowest BCUT2D eigenvalue weighted by Gasteiger charge is -2.35. The van der Waals surface area contributed by atoms with Gasteiger partial charge in [-0.25, -0.2) is 4.98 Å². The second-order valence-electron chi connectivity index (χ2n) is 9.66. The summed E-state index contributed by atoms with van der Waals surface area (Å²) in [5.41, 5.74) is 2.38. The summed E-state index contributed by atoms with van der Waals surface area (Å²) in [6.45, 7) is 7.62. The van der Waals surface area contributed by atoms with E-state index in [-0.39, 0.29) is 14.8 Å². The van der Waals surface area contributed by atoms with Crippen molar-refractivity contribution in [3.63, 3.8) is 0 Å². The standard InChI is InChI=1S/C28H39N7OS.2H2/c1-5-7-11-22(18-21-19-29-24-13-9-8-12-23(21)24)31-27(36)25-20-30-28(37-25)35-16-14-34(15-17-35)26(10-6-2)32-33(3)4;;/h6,8-10,12-13,19-20,22,29H,5,7,11,14-18H2,1-4H3,(H,31,36);2*1H/b10-6-,32-26+;;. The Morgan fingerprint density at radius 2 is 2.08 bits per heavy atom. The van der Waals surface area contributed by atoms with Gasteiger partial charge in [0.2, 0.25) is 0 Å². The second kappa shape index (κ2) is 12.8. The van der Waals surface area contributed by atoms with Crippen LogP contribution < -0.4 is 10.2 Å². The highest BCUT2D eigenvalue weighted by atomic mass is 32.1. The molecule has 2 aromatic heterocycles. The number of carbonyl (C=O) groups excluding carboxylic acids is 1. The van der Waals surface area contributed by atoms with Crippen LogP contribution in [0.2, 0.25) is 0 Å². The second-order valence-corrected chi connectivity index (χ2v) is 10.7. The number of unbranched alkanes of at least 4 members (excludes halogenated alkanes) is 1. The maximum Gasteiger partial charge on any atom is 0.263 e. The highest BCUT2D eigenvalue weighted by molar-refractivity contribution is 7.17. The van der Waals surface area contributed by atoms with Crippen molar-refractivity contribution in [1.82, 2.24) is 25.2 Å². The van der Waals surface area contributed by atoms with Crippen LogP contribution in [0.25, 0.3) is 10.9 Å². The van der Waals surface area contributed by atoms with Gasteiger partial charge in [-0.2, -0.15) is 5.10 Å². The molecule has 1 aliphatic rings. The molecule has 1 unspecified atom stereocenters. The number of amidine groups is 1. The van der Waals surface area contributed by atoms with Gasteiger partial charge in [0.1, 0.15) is 10.7 Å². The van der Waals surface area contributed by atoms with Crippen LogP contribution >= 0.6 is 11.3 Å². The van der Waals surface area contributed by atoms with E-state index < -0.39 is 0 Å². The van der Waals surface area contributed by atoms with E-state index >= 15 is 0 Å². The molecule has 4 rings (SSSR count). The van der Waals surface area contributed by atoms with Crippen molar-refractivity contribution >= 4 is 39.1 Å². The SMILES string of the molecule is C/C=C\C(=N/N(C)C)N1CCN(c2ncc(C(=O)NC(CCCC)Cc3c[nH]c4ccccc34)s2)CC1.[HH].[HH].